The fourth-order valence-corrected chi connectivity index (χ4v) is 1.17. The molecule has 0 aliphatic rings. The molecule has 0 aromatic heterocycles. The van der Waals surface area contributed by atoms with Crippen LogP contribution in [0.25, 0.3) is 0 Å². The number of aliphatic carboxylic acids is 2. The number of benzene rings is 1. The number of nitrogens with one attached hydrogen (secondary N) is 1. The summed E-state index contributed by atoms with van der Waals surface area (Å²) >= 11 is 0. The van der Waals surface area contributed by atoms with Crippen molar-refractivity contribution >= 4 is 17.6 Å². The molecular weight excluding hydrogens is 214 g/mol. The van der Waals surface area contributed by atoms with E-state index in [2.05, 4.69) is 5.32 Å². The molecule has 0 amide bonds. The minimum absolute atomic E-state index is 0.0236. The van der Waals surface area contributed by atoms with E-state index in [-0.39, 0.29) is 5.75 Å². The number of carbonyl (C=O) groups is 2. The fraction of sp³-hybridized carbons (Fsp3) is 0.200. The van der Waals surface area contributed by atoms with Crippen LogP contribution >= 0.6 is 0 Å². The van der Waals surface area contributed by atoms with Crippen molar-refractivity contribution in [2.75, 3.05) is 5.32 Å². The zero-order valence-electron chi connectivity index (χ0n) is 8.25. The maximum Gasteiger partial charge on any atom is 0.326 e. The standard InChI is InChI=1S/C10H11NO5/c12-7-3-1-2-6(4-7)11-8(10(15)16)5-9(13)14/h1-4,8,11-12H,5H2,(H,13,14)(H,15,16). The van der Waals surface area contributed by atoms with Crippen LogP contribution in [-0.4, -0.2) is 33.3 Å². The predicted molar refractivity (Wildman–Crippen MR) is 55.4 cm³/mol. The molecule has 1 aromatic rings. The molecule has 0 saturated heterocycles. The molecule has 0 bridgehead atoms. The van der Waals surface area contributed by atoms with E-state index < -0.39 is 24.4 Å². The maximum atomic E-state index is 10.7. The molecule has 0 radical (unpaired) electrons. The van der Waals surface area contributed by atoms with Crippen LogP contribution in [0.1, 0.15) is 6.42 Å². The maximum absolute atomic E-state index is 10.7. The smallest absolute Gasteiger partial charge is 0.326 e. The Morgan fingerprint density at radius 2 is 2.00 bits per heavy atom. The van der Waals surface area contributed by atoms with E-state index in [4.69, 9.17) is 15.3 Å². The Morgan fingerprint density at radius 1 is 1.31 bits per heavy atom. The molecule has 0 fully saturated rings. The van der Waals surface area contributed by atoms with Gasteiger partial charge in [-0.2, -0.15) is 0 Å². The van der Waals surface area contributed by atoms with Crippen molar-refractivity contribution in [3.8, 4) is 5.75 Å². The number of hydrogen-bond acceptors (Lipinski definition) is 4. The summed E-state index contributed by atoms with van der Waals surface area (Å²) in [6.07, 6.45) is -0.537. The zero-order valence-corrected chi connectivity index (χ0v) is 8.25. The van der Waals surface area contributed by atoms with Gasteiger partial charge in [-0.05, 0) is 12.1 Å². The summed E-state index contributed by atoms with van der Waals surface area (Å²) < 4.78 is 0. The highest BCUT2D eigenvalue weighted by Gasteiger charge is 2.20. The number of phenols is 1. The first kappa shape index (κ1) is 11.8. The van der Waals surface area contributed by atoms with E-state index >= 15 is 0 Å². The largest absolute Gasteiger partial charge is 0.508 e. The van der Waals surface area contributed by atoms with Crippen LogP contribution in [0.5, 0.6) is 5.75 Å². The van der Waals surface area contributed by atoms with Crippen LogP contribution in [0.3, 0.4) is 0 Å². The van der Waals surface area contributed by atoms with E-state index in [0.29, 0.717) is 5.69 Å². The van der Waals surface area contributed by atoms with Gasteiger partial charge in [0.2, 0.25) is 0 Å². The van der Waals surface area contributed by atoms with Crippen LogP contribution in [-0.2, 0) is 9.59 Å². The summed E-state index contributed by atoms with van der Waals surface area (Å²) in [6.45, 7) is 0. The van der Waals surface area contributed by atoms with E-state index in [9.17, 15) is 9.59 Å². The van der Waals surface area contributed by atoms with Gasteiger partial charge in [-0.3, -0.25) is 4.79 Å². The molecule has 1 aromatic carbocycles. The van der Waals surface area contributed by atoms with Gasteiger partial charge in [0.05, 0.1) is 6.42 Å². The Labute approximate surface area is 91.1 Å². The van der Waals surface area contributed by atoms with Crippen molar-refractivity contribution in [3.63, 3.8) is 0 Å². The first-order valence-corrected chi connectivity index (χ1v) is 4.49. The van der Waals surface area contributed by atoms with Crippen LogP contribution in [0.15, 0.2) is 24.3 Å². The molecule has 6 heteroatoms. The highest BCUT2D eigenvalue weighted by atomic mass is 16.4. The summed E-state index contributed by atoms with van der Waals surface area (Å²) in [5, 5.41) is 28.9. The van der Waals surface area contributed by atoms with Gasteiger partial charge in [0.15, 0.2) is 0 Å². The van der Waals surface area contributed by atoms with Gasteiger partial charge in [-0.25, -0.2) is 4.79 Å². The number of anilines is 1. The molecule has 4 N–H and O–H groups in total. The number of carboxylic acid groups (broad SMARTS) is 2. The molecule has 6 nitrogen and oxygen atoms in total. The van der Waals surface area contributed by atoms with E-state index in [1.807, 2.05) is 0 Å². The Balaban J connectivity index is 2.75. The summed E-state index contributed by atoms with van der Waals surface area (Å²) in [7, 11) is 0. The van der Waals surface area contributed by atoms with Gasteiger partial charge in [-0.15, -0.1) is 0 Å². The third-order valence-electron chi connectivity index (χ3n) is 1.86. The van der Waals surface area contributed by atoms with Crippen molar-refractivity contribution in [2.24, 2.45) is 0 Å². The van der Waals surface area contributed by atoms with Crippen molar-refractivity contribution < 1.29 is 24.9 Å². The van der Waals surface area contributed by atoms with Gasteiger partial charge in [0, 0.05) is 11.8 Å². The minimum Gasteiger partial charge on any atom is -0.508 e. The third-order valence-corrected chi connectivity index (χ3v) is 1.86. The SMILES string of the molecule is O=C(O)CC(Nc1cccc(O)c1)C(=O)O. The molecule has 0 spiro atoms. The van der Waals surface area contributed by atoms with Gasteiger partial charge in [0.25, 0.3) is 0 Å². The molecule has 0 saturated carbocycles. The zero-order chi connectivity index (χ0) is 12.1. The van der Waals surface area contributed by atoms with Gasteiger partial charge >= 0.3 is 11.9 Å². The molecule has 1 unspecified atom stereocenters. The lowest BCUT2D eigenvalue weighted by atomic mass is 10.2. The Hall–Kier alpha value is -2.24. The number of phenolic OH excluding ortho intramolecular Hbond substituents is 1. The van der Waals surface area contributed by atoms with Gasteiger partial charge in [-0.1, -0.05) is 6.07 Å². The average Bonchev–Trinajstić information content (AvgIpc) is 2.15. The molecule has 16 heavy (non-hydrogen) atoms. The lowest BCUT2D eigenvalue weighted by molar-refractivity contribution is -0.144. The van der Waals surface area contributed by atoms with Crippen molar-refractivity contribution in [3.05, 3.63) is 24.3 Å². The molecule has 0 aliphatic carbocycles. The molecule has 86 valence electrons. The van der Waals surface area contributed by atoms with Crippen LogP contribution < -0.4 is 5.32 Å². The van der Waals surface area contributed by atoms with Crippen LogP contribution in [0.4, 0.5) is 5.69 Å². The van der Waals surface area contributed by atoms with Gasteiger partial charge in [0.1, 0.15) is 11.8 Å². The minimum atomic E-state index is -1.26. The summed E-state index contributed by atoms with van der Waals surface area (Å²) in [5.74, 6) is -2.49. The average molecular weight is 225 g/mol. The van der Waals surface area contributed by atoms with Crippen molar-refractivity contribution in [1.29, 1.82) is 0 Å². The Bertz CT molecular complexity index is 404. The Kier molecular flexibility index (Phi) is 3.71. The number of aromatic hydroxyl groups is 1. The fourth-order valence-electron chi connectivity index (χ4n) is 1.17. The van der Waals surface area contributed by atoms with Crippen molar-refractivity contribution in [2.45, 2.75) is 12.5 Å². The molecule has 0 heterocycles. The lowest BCUT2D eigenvalue weighted by Gasteiger charge is -2.13. The Morgan fingerprint density at radius 3 is 2.50 bits per heavy atom. The number of hydrogen-bond donors (Lipinski definition) is 4. The number of carboxylic acids is 2. The first-order valence-electron chi connectivity index (χ1n) is 4.49. The van der Waals surface area contributed by atoms with Gasteiger partial charge < -0.3 is 20.6 Å². The van der Waals surface area contributed by atoms with E-state index in [0.717, 1.165) is 0 Å². The summed E-state index contributed by atoms with van der Waals surface area (Å²) in [5.41, 5.74) is 0.355. The normalized spacial score (nSPS) is 11.8. The van der Waals surface area contributed by atoms with Crippen molar-refractivity contribution in [1.82, 2.24) is 0 Å². The molecule has 1 rings (SSSR count). The highest BCUT2D eigenvalue weighted by Crippen LogP contribution is 2.16. The molecule has 0 aliphatic heterocycles. The van der Waals surface area contributed by atoms with E-state index in [1.165, 1.54) is 24.3 Å². The second-order valence-electron chi connectivity index (χ2n) is 3.18. The first-order chi connectivity index (χ1) is 7.49. The molecular formula is C10H11NO5. The lowest BCUT2D eigenvalue weighted by Crippen LogP contribution is -2.31. The monoisotopic (exact) mass is 225 g/mol. The summed E-state index contributed by atoms with van der Waals surface area (Å²) in [4.78, 5) is 21.2. The highest BCUT2D eigenvalue weighted by molar-refractivity contribution is 5.83. The predicted octanol–water partition coefficient (Wildman–Crippen LogP) is 0.732. The second kappa shape index (κ2) is 5.01. The second-order valence-corrected chi connectivity index (χ2v) is 3.18. The van der Waals surface area contributed by atoms with Crippen LogP contribution in [0, 0.1) is 0 Å². The van der Waals surface area contributed by atoms with E-state index in [1.54, 1.807) is 0 Å². The molecule has 1 atom stereocenters. The number of rotatable bonds is 5. The van der Waals surface area contributed by atoms with Crippen LogP contribution in [0.2, 0.25) is 0 Å². The quantitative estimate of drug-likeness (QED) is 0.588. The topological polar surface area (TPSA) is 107 Å². The third kappa shape index (κ3) is 3.49. The summed E-state index contributed by atoms with van der Waals surface area (Å²) in [6, 6.07) is 4.59.